The van der Waals surface area contributed by atoms with Gasteiger partial charge in [-0.05, 0) is 24.3 Å². The molecule has 4 rings (SSSR count). The summed E-state index contributed by atoms with van der Waals surface area (Å²) in [5, 5.41) is 13.7. The minimum Gasteiger partial charge on any atom is -0.475 e. The Balaban J connectivity index is 1.92. The summed E-state index contributed by atoms with van der Waals surface area (Å²) in [4.78, 5) is 21.5. The van der Waals surface area contributed by atoms with Crippen LogP contribution in [-0.2, 0) is 6.54 Å². The largest absolute Gasteiger partial charge is 0.475 e. The average Bonchev–Trinajstić information content (AvgIpc) is 2.99. The van der Waals surface area contributed by atoms with Crippen LogP contribution in [0.2, 0.25) is 5.02 Å². The molecule has 23 heavy (non-hydrogen) atoms. The molecular formula is C15H10ClN5O2. The van der Waals surface area contributed by atoms with E-state index in [1.54, 1.807) is 18.3 Å². The highest BCUT2D eigenvalue weighted by molar-refractivity contribution is 6.33. The van der Waals surface area contributed by atoms with E-state index in [-0.39, 0.29) is 5.82 Å². The molecule has 1 N–H and O–H groups in total. The summed E-state index contributed by atoms with van der Waals surface area (Å²) in [6.07, 6.45) is 1.67. The Labute approximate surface area is 135 Å². The second-order valence-corrected chi connectivity index (χ2v) is 5.36. The maximum Gasteiger partial charge on any atom is 0.375 e. The van der Waals surface area contributed by atoms with Gasteiger partial charge < -0.3 is 10.0 Å². The van der Waals surface area contributed by atoms with E-state index in [1.165, 1.54) is 4.68 Å². The molecule has 0 spiro atoms. The van der Waals surface area contributed by atoms with Crippen molar-refractivity contribution in [3.05, 3.63) is 59.3 Å². The zero-order valence-corrected chi connectivity index (χ0v) is 12.5. The quantitative estimate of drug-likeness (QED) is 0.779. The lowest BCUT2D eigenvalue weighted by atomic mass is 10.2. The highest BCUT2D eigenvalue weighted by Crippen LogP contribution is 2.37. The summed E-state index contributed by atoms with van der Waals surface area (Å²) in [5.41, 5.74) is 1.44. The van der Waals surface area contributed by atoms with Crippen LogP contribution < -0.4 is 4.90 Å². The monoisotopic (exact) mass is 327 g/mol. The van der Waals surface area contributed by atoms with Gasteiger partial charge in [-0.3, -0.25) is 0 Å². The first-order valence-corrected chi connectivity index (χ1v) is 7.19. The Kier molecular flexibility index (Phi) is 3.02. The number of aromatic nitrogens is 4. The van der Waals surface area contributed by atoms with Crippen LogP contribution in [-0.4, -0.2) is 30.8 Å². The minimum atomic E-state index is -1.17. The van der Waals surface area contributed by atoms with Gasteiger partial charge in [-0.2, -0.15) is 0 Å². The van der Waals surface area contributed by atoms with Crippen molar-refractivity contribution < 1.29 is 9.90 Å². The number of carboxylic acids is 1. The number of hydrogen-bond donors (Lipinski definition) is 1. The number of benzene rings is 1. The van der Waals surface area contributed by atoms with Crippen molar-refractivity contribution in [3.63, 3.8) is 0 Å². The molecule has 0 aliphatic carbocycles. The van der Waals surface area contributed by atoms with E-state index in [2.05, 4.69) is 15.1 Å². The normalized spacial score (nSPS) is 12.7. The molecule has 3 aromatic rings. The molecule has 0 bridgehead atoms. The van der Waals surface area contributed by atoms with Crippen molar-refractivity contribution in [2.75, 3.05) is 4.90 Å². The van der Waals surface area contributed by atoms with Gasteiger partial charge in [0.2, 0.25) is 0 Å². The predicted octanol–water partition coefficient (Wildman–Crippen LogP) is 2.67. The Morgan fingerprint density at radius 1 is 1.17 bits per heavy atom. The third-order valence-electron chi connectivity index (χ3n) is 3.56. The smallest absolute Gasteiger partial charge is 0.375 e. The molecule has 114 valence electrons. The Hall–Kier alpha value is -2.93. The molecule has 0 fully saturated rings. The molecule has 1 aliphatic heterocycles. The molecule has 2 aromatic heterocycles. The number of aromatic carboxylic acids is 1. The highest BCUT2D eigenvalue weighted by Gasteiger charge is 2.29. The van der Waals surface area contributed by atoms with E-state index < -0.39 is 5.97 Å². The minimum absolute atomic E-state index is 0.240. The predicted molar refractivity (Wildman–Crippen MR) is 83.4 cm³/mol. The molecule has 3 heterocycles. The first-order valence-electron chi connectivity index (χ1n) is 6.82. The van der Waals surface area contributed by atoms with Crippen molar-refractivity contribution in [1.29, 1.82) is 0 Å². The van der Waals surface area contributed by atoms with Crippen molar-refractivity contribution >= 4 is 29.1 Å². The summed E-state index contributed by atoms with van der Waals surface area (Å²) in [5.74, 6) is -0.241. The Bertz CT molecular complexity index is 924. The standard InChI is InChI=1S/C15H10ClN5O2/c16-9-4-1-2-5-10(9)20-8-12-18-13(15(22)23)19-21(12)11-6-3-7-17-14(11)20/h1-7H,8H2,(H,22,23). The van der Waals surface area contributed by atoms with Gasteiger partial charge in [0.15, 0.2) is 11.6 Å². The van der Waals surface area contributed by atoms with Crippen molar-refractivity contribution in [2.24, 2.45) is 0 Å². The molecule has 0 saturated carbocycles. The summed E-state index contributed by atoms with van der Waals surface area (Å²) < 4.78 is 1.51. The second kappa shape index (κ2) is 5.06. The first kappa shape index (κ1) is 13.7. The number of pyridine rings is 1. The van der Waals surface area contributed by atoms with Gasteiger partial charge in [0, 0.05) is 6.20 Å². The number of halogens is 1. The fourth-order valence-corrected chi connectivity index (χ4v) is 2.82. The third kappa shape index (κ3) is 2.13. The summed E-state index contributed by atoms with van der Waals surface area (Å²) >= 11 is 6.30. The molecule has 8 heteroatoms. The second-order valence-electron chi connectivity index (χ2n) is 4.95. The van der Waals surface area contributed by atoms with Crippen molar-refractivity contribution in [2.45, 2.75) is 6.54 Å². The van der Waals surface area contributed by atoms with Crippen LogP contribution in [0.3, 0.4) is 0 Å². The molecule has 1 aliphatic rings. The van der Waals surface area contributed by atoms with Gasteiger partial charge in [-0.25, -0.2) is 19.4 Å². The van der Waals surface area contributed by atoms with E-state index in [1.807, 2.05) is 29.2 Å². The number of para-hydroxylation sites is 1. The third-order valence-corrected chi connectivity index (χ3v) is 3.88. The van der Waals surface area contributed by atoms with Crippen molar-refractivity contribution in [1.82, 2.24) is 19.7 Å². The van der Waals surface area contributed by atoms with E-state index >= 15 is 0 Å². The van der Waals surface area contributed by atoms with Crippen LogP contribution >= 0.6 is 11.6 Å². The van der Waals surface area contributed by atoms with Gasteiger partial charge in [0.05, 0.1) is 17.3 Å². The highest BCUT2D eigenvalue weighted by atomic mass is 35.5. The summed E-state index contributed by atoms with van der Waals surface area (Å²) in [6.45, 7) is 0.327. The molecule has 0 amide bonds. The Morgan fingerprint density at radius 2 is 1.96 bits per heavy atom. The van der Waals surface area contributed by atoms with E-state index in [0.29, 0.717) is 28.9 Å². The molecule has 0 radical (unpaired) electrons. The summed E-state index contributed by atoms with van der Waals surface area (Å²) in [6, 6.07) is 11.0. The van der Waals surface area contributed by atoms with E-state index in [0.717, 1.165) is 5.69 Å². The van der Waals surface area contributed by atoms with Crippen LogP contribution in [0.5, 0.6) is 0 Å². The molecular weight excluding hydrogens is 318 g/mol. The number of anilines is 2. The lowest BCUT2D eigenvalue weighted by Gasteiger charge is -2.30. The Morgan fingerprint density at radius 3 is 2.74 bits per heavy atom. The van der Waals surface area contributed by atoms with Gasteiger partial charge in [-0.1, -0.05) is 23.7 Å². The van der Waals surface area contributed by atoms with Crippen LogP contribution in [0.25, 0.3) is 5.69 Å². The van der Waals surface area contributed by atoms with Gasteiger partial charge in [0.25, 0.3) is 5.82 Å². The topological polar surface area (TPSA) is 84.1 Å². The molecule has 0 unspecified atom stereocenters. The number of rotatable bonds is 2. The lowest BCUT2D eigenvalue weighted by molar-refractivity contribution is 0.0683. The van der Waals surface area contributed by atoms with Crippen LogP contribution in [0, 0.1) is 0 Å². The van der Waals surface area contributed by atoms with Crippen LogP contribution in [0.1, 0.15) is 16.4 Å². The summed E-state index contributed by atoms with van der Waals surface area (Å²) in [7, 11) is 0. The number of carboxylic acid groups (broad SMARTS) is 1. The molecule has 0 saturated heterocycles. The zero-order valence-electron chi connectivity index (χ0n) is 11.7. The molecule has 1 aromatic carbocycles. The number of hydrogen-bond acceptors (Lipinski definition) is 5. The van der Waals surface area contributed by atoms with Gasteiger partial charge in [-0.15, -0.1) is 5.10 Å². The molecule has 0 atom stereocenters. The van der Waals surface area contributed by atoms with E-state index in [9.17, 15) is 4.79 Å². The number of carbonyl (C=O) groups is 1. The number of fused-ring (bicyclic) bond motifs is 3. The maximum absolute atomic E-state index is 11.1. The zero-order chi connectivity index (χ0) is 16.0. The average molecular weight is 328 g/mol. The fourth-order valence-electron chi connectivity index (χ4n) is 2.58. The van der Waals surface area contributed by atoms with Crippen LogP contribution in [0.4, 0.5) is 11.5 Å². The maximum atomic E-state index is 11.1. The van der Waals surface area contributed by atoms with Gasteiger partial charge >= 0.3 is 5.97 Å². The van der Waals surface area contributed by atoms with Crippen LogP contribution in [0.15, 0.2) is 42.6 Å². The lowest BCUT2D eigenvalue weighted by Crippen LogP contribution is -2.27. The SMILES string of the molecule is O=C(O)c1nc2n(n1)-c1cccnc1N(c1ccccc1Cl)C2. The molecule has 7 nitrogen and oxygen atoms in total. The van der Waals surface area contributed by atoms with Gasteiger partial charge in [0.1, 0.15) is 5.69 Å². The number of nitrogens with zero attached hydrogens (tertiary/aromatic N) is 5. The fraction of sp³-hybridized carbons (Fsp3) is 0.0667. The van der Waals surface area contributed by atoms with Crippen molar-refractivity contribution in [3.8, 4) is 5.69 Å². The first-order chi connectivity index (χ1) is 11.1. The van der Waals surface area contributed by atoms with E-state index in [4.69, 9.17) is 16.7 Å².